The van der Waals surface area contributed by atoms with E-state index in [4.69, 9.17) is 0 Å². The van der Waals surface area contributed by atoms with Gasteiger partial charge in [0.05, 0.1) is 0 Å². The zero-order chi connectivity index (χ0) is 12.2. The third-order valence-electron chi connectivity index (χ3n) is 3.86. The molecule has 0 saturated carbocycles. The first-order valence-electron chi connectivity index (χ1n) is 6.05. The molecule has 2 heteroatoms. The lowest BCUT2D eigenvalue weighted by Gasteiger charge is -2.44. The van der Waals surface area contributed by atoms with Crippen LogP contribution in [0.1, 0.15) is 19.4 Å². The molecule has 0 aromatic heterocycles. The molecule has 1 aliphatic rings. The van der Waals surface area contributed by atoms with Crippen LogP contribution >= 0.6 is 0 Å². The van der Waals surface area contributed by atoms with Crippen LogP contribution in [0.2, 0.25) is 0 Å². The molecule has 88 valence electrons. The van der Waals surface area contributed by atoms with Gasteiger partial charge in [0.1, 0.15) is 5.66 Å². The molecule has 0 saturated heterocycles. The highest BCUT2D eigenvalue weighted by Gasteiger charge is 2.30. The van der Waals surface area contributed by atoms with Gasteiger partial charge in [-0.05, 0) is 37.8 Å². The lowest BCUT2D eigenvalue weighted by molar-refractivity contribution is 0.551. The van der Waals surface area contributed by atoms with Gasteiger partial charge in [0, 0.05) is 23.8 Å². The number of hydrogen-bond donors (Lipinski definition) is 1. The minimum atomic E-state index is -0.0482. The summed E-state index contributed by atoms with van der Waals surface area (Å²) in [6.07, 6.45) is 0. The maximum Gasteiger partial charge on any atom is 0.104 e. The van der Waals surface area contributed by atoms with Crippen molar-refractivity contribution in [3.05, 3.63) is 35.9 Å². The summed E-state index contributed by atoms with van der Waals surface area (Å²) in [6, 6.07) is 10.9. The van der Waals surface area contributed by atoms with Gasteiger partial charge in [0.25, 0.3) is 0 Å². The summed E-state index contributed by atoms with van der Waals surface area (Å²) in [6.45, 7) is 6.59. The van der Waals surface area contributed by atoms with Crippen LogP contribution in [0.4, 0.5) is 11.4 Å². The molecule has 0 spiro atoms. The number of benzene rings is 2. The van der Waals surface area contributed by atoms with E-state index in [0.717, 1.165) is 0 Å². The minimum absolute atomic E-state index is 0.0482. The Labute approximate surface area is 102 Å². The van der Waals surface area contributed by atoms with E-state index >= 15 is 0 Å². The summed E-state index contributed by atoms with van der Waals surface area (Å²) in [5.74, 6) is 0. The molecule has 0 amide bonds. The van der Waals surface area contributed by atoms with Crippen molar-refractivity contribution >= 4 is 22.1 Å². The van der Waals surface area contributed by atoms with Crippen molar-refractivity contribution in [3.63, 3.8) is 0 Å². The maximum atomic E-state index is 3.64. The molecule has 0 unspecified atom stereocenters. The van der Waals surface area contributed by atoms with Crippen molar-refractivity contribution in [2.24, 2.45) is 0 Å². The van der Waals surface area contributed by atoms with Crippen molar-refractivity contribution in [3.8, 4) is 0 Å². The summed E-state index contributed by atoms with van der Waals surface area (Å²) in [5.41, 5.74) is 3.85. The van der Waals surface area contributed by atoms with E-state index in [2.05, 4.69) is 68.4 Å². The van der Waals surface area contributed by atoms with E-state index in [9.17, 15) is 0 Å². The molecule has 2 nitrogen and oxygen atoms in total. The topological polar surface area (TPSA) is 15.3 Å². The standard InChI is InChI=1S/C15H18N2/c1-10-8-9-11-6-5-7-12-13(11)14(10)16-15(2,3)17(12)4/h5-9,16H,1-4H3. The van der Waals surface area contributed by atoms with Crippen LogP contribution < -0.4 is 10.2 Å². The molecule has 1 aliphatic heterocycles. The normalized spacial score (nSPS) is 17.1. The Hall–Kier alpha value is -1.70. The molecule has 0 aliphatic carbocycles. The Morgan fingerprint density at radius 2 is 1.88 bits per heavy atom. The average Bonchev–Trinajstić information content (AvgIpc) is 2.29. The van der Waals surface area contributed by atoms with Crippen LogP contribution in [-0.2, 0) is 0 Å². The van der Waals surface area contributed by atoms with Crippen molar-refractivity contribution in [2.75, 3.05) is 17.3 Å². The number of nitrogens with zero attached hydrogens (tertiary/aromatic N) is 1. The summed E-state index contributed by atoms with van der Waals surface area (Å²) < 4.78 is 0. The van der Waals surface area contributed by atoms with Gasteiger partial charge in [-0.15, -0.1) is 0 Å². The maximum absolute atomic E-state index is 3.64. The second-order valence-corrected chi connectivity index (χ2v) is 5.38. The van der Waals surface area contributed by atoms with E-state index < -0.39 is 0 Å². The Balaban J connectivity index is 2.44. The van der Waals surface area contributed by atoms with Crippen LogP contribution in [-0.4, -0.2) is 12.7 Å². The van der Waals surface area contributed by atoms with E-state index in [1.807, 2.05) is 0 Å². The van der Waals surface area contributed by atoms with Crippen LogP contribution in [0.25, 0.3) is 10.8 Å². The van der Waals surface area contributed by atoms with E-state index in [1.54, 1.807) is 0 Å². The fourth-order valence-corrected chi connectivity index (χ4v) is 2.60. The van der Waals surface area contributed by atoms with Gasteiger partial charge in [-0.25, -0.2) is 0 Å². The Morgan fingerprint density at radius 1 is 1.12 bits per heavy atom. The average molecular weight is 226 g/mol. The molecule has 3 rings (SSSR count). The zero-order valence-electron chi connectivity index (χ0n) is 10.8. The lowest BCUT2D eigenvalue weighted by atomic mass is 9.97. The molecule has 0 bridgehead atoms. The van der Waals surface area contributed by atoms with E-state index in [-0.39, 0.29) is 5.66 Å². The fourth-order valence-electron chi connectivity index (χ4n) is 2.60. The Kier molecular flexibility index (Phi) is 1.94. The first-order chi connectivity index (χ1) is 8.00. The third kappa shape index (κ3) is 1.33. The van der Waals surface area contributed by atoms with Crippen LogP contribution in [0.5, 0.6) is 0 Å². The van der Waals surface area contributed by atoms with E-state index in [1.165, 1.54) is 27.7 Å². The molecular weight excluding hydrogens is 208 g/mol. The van der Waals surface area contributed by atoms with Gasteiger partial charge in [0.2, 0.25) is 0 Å². The molecular formula is C15H18N2. The molecule has 17 heavy (non-hydrogen) atoms. The van der Waals surface area contributed by atoms with Gasteiger partial charge in [0.15, 0.2) is 0 Å². The lowest BCUT2D eigenvalue weighted by Crippen LogP contribution is -2.50. The van der Waals surface area contributed by atoms with Gasteiger partial charge in [-0.3, -0.25) is 0 Å². The summed E-state index contributed by atoms with van der Waals surface area (Å²) in [7, 11) is 2.15. The quantitative estimate of drug-likeness (QED) is 0.736. The van der Waals surface area contributed by atoms with Crippen molar-refractivity contribution in [1.29, 1.82) is 0 Å². The molecule has 0 atom stereocenters. The fraction of sp³-hybridized carbons (Fsp3) is 0.333. The van der Waals surface area contributed by atoms with Crippen molar-refractivity contribution < 1.29 is 0 Å². The highest BCUT2D eigenvalue weighted by atomic mass is 15.3. The highest BCUT2D eigenvalue weighted by molar-refractivity contribution is 6.06. The first-order valence-corrected chi connectivity index (χ1v) is 6.05. The van der Waals surface area contributed by atoms with Crippen LogP contribution in [0.3, 0.4) is 0 Å². The van der Waals surface area contributed by atoms with E-state index in [0.29, 0.717) is 0 Å². The molecule has 2 aromatic carbocycles. The monoisotopic (exact) mass is 226 g/mol. The van der Waals surface area contributed by atoms with Gasteiger partial charge < -0.3 is 10.2 Å². The molecule has 2 aromatic rings. The molecule has 0 fully saturated rings. The summed E-state index contributed by atoms with van der Waals surface area (Å²) in [5, 5.41) is 6.29. The number of nitrogens with one attached hydrogen (secondary N) is 1. The third-order valence-corrected chi connectivity index (χ3v) is 3.86. The second kappa shape index (κ2) is 3.16. The Morgan fingerprint density at radius 3 is 2.65 bits per heavy atom. The highest BCUT2D eigenvalue weighted by Crippen LogP contribution is 2.42. The van der Waals surface area contributed by atoms with Crippen molar-refractivity contribution in [1.82, 2.24) is 0 Å². The largest absolute Gasteiger partial charge is 0.362 e. The van der Waals surface area contributed by atoms with Crippen molar-refractivity contribution in [2.45, 2.75) is 26.4 Å². The predicted octanol–water partition coefficient (Wildman–Crippen LogP) is 3.75. The van der Waals surface area contributed by atoms with Gasteiger partial charge in [-0.2, -0.15) is 0 Å². The second-order valence-electron chi connectivity index (χ2n) is 5.38. The molecule has 1 heterocycles. The summed E-state index contributed by atoms with van der Waals surface area (Å²) >= 11 is 0. The van der Waals surface area contributed by atoms with Crippen LogP contribution in [0.15, 0.2) is 30.3 Å². The first kappa shape index (κ1) is 10.5. The SMILES string of the molecule is Cc1ccc2cccc3c2c1NC(C)(C)N3C. The number of anilines is 2. The number of hydrogen-bond acceptors (Lipinski definition) is 2. The number of aryl methyl sites for hydroxylation is 1. The molecule has 1 N–H and O–H groups in total. The zero-order valence-corrected chi connectivity index (χ0v) is 10.8. The smallest absolute Gasteiger partial charge is 0.104 e. The van der Waals surface area contributed by atoms with Gasteiger partial charge >= 0.3 is 0 Å². The summed E-state index contributed by atoms with van der Waals surface area (Å²) in [4.78, 5) is 2.31. The van der Waals surface area contributed by atoms with Crippen LogP contribution in [0, 0.1) is 6.92 Å². The van der Waals surface area contributed by atoms with Gasteiger partial charge in [-0.1, -0.05) is 24.3 Å². The predicted molar refractivity (Wildman–Crippen MR) is 74.8 cm³/mol. The Bertz CT molecular complexity index is 599. The number of rotatable bonds is 0. The molecule has 0 radical (unpaired) electrons. The minimum Gasteiger partial charge on any atom is -0.362 e.